The molecule has 0 aliphatic carbocycles. The highest BCUT2D eigenvalue weighted by Gasteiger charge is 2.20. The number of carboxylic acid groups (broad SMARTS) is 1. The zero-order valence-electron chi connectivity index (χ0n) is 11.9. The molecule has 6 heteroatoms. The number of hydrogen-bond donors (Lipinski definition) is 1. The van der Waals surface area contributed by atoms with Gasteiger partial charge in [-0.1, -0.05) is 0 Å². The van der Waals surface area contributed by atoms with Gasteiger partial charge < -0.3 is 14.9 Å². The molecule has 1 N–H and O–H groups in total. The number of carbonyl (C=O) groups excluding carboxylic acids is 2. The molecule has 1 aromatic rings. The standard InChI is InChI=1S/C15H18N2O4/c1-16(10-14(19)20)15(21)11-5-7-12(8-6-11)17-9-3-2-4-13(17)18/h5-8H,2-4,9-10H2,1H3,(H,19,20). The van der Waals surface area contributed by atoms with Crippen LogP contribution in [0.25, 0.3) is 0 Å². The largest absolute Gasteiger partial charge is 0.480 e. The zero-order valence-corrected chi connectivity index (χ0v) is 11.9. The number of benzene rings is 1. The monoisotopic (exact) mass is 290 g/mol. The molecule has 112 valence electrons. The second-order valence-corrected chi connectivity index (χ2v) is 5.10. The number of carboxylic acids is 1. The Bertz CT molecular complexity index is 553. The number of aliphatic carboxylic acids is 1. The van der Waals surface area contributed by atoms with Crippen LogP contribution in [0.3, 0.4) is 0 Å². The third-order valence-corrected chi connectivity index (χ3v) is 3.47. The Morgan fingerprint density at radius 1 is 1.24 bits per heavy atom. The van der Waals surface area contributed by atoms with Gasteiger partial charge in [-0.2, -0.15) is 0 Å². The predicted octanol–water partition coefficient (Wildman–Crippen LogP) is 1.36. The molecule has 1 aliphatic heterocycles. The highest BCUT2D eigenvalue weighted by Crippen LogP contribution is 2.21. The van der Waals surface area contributed by atoms with Gasteiger partial charge in [0, 0.05) is 31.3 Å². The van der Waals surface area contributed by atoms with Gasteiger partial charge in [0.05, 0.1) is 0 Å². The van der Waals surface area contributed by atoms with E-state index in [1.165, 1.54) is 7.05 Å². The Kier molecular flexibility index (Phi) is 4.57. The van der Waals surface area contributed by atoms with Gasteiger partial charge in [-0.3, -0.25) is 14.4 Å². The Labute approximate surface area is 123 Å². The van der Waals surface area contributed by atoms with E-state index in [0.29, 0.717) is 18.5 Å². The van der Waals surface area contributed by atoms with Gasteiger partial charge in [0.15, 0.2) is 0 Å². The molecule has 1 heterocycles. The molecule has 0 bridgehead atoms. The lowest BCUT2D eigenvalue weighted by Crippen LogP contribution is -2.35. The van der Waals surface area contributed by atoms with E-state index >= 15 is 0 Å². The Morgan fingerprint density at radius 2 is 1.90 bits per heavy atom. The number of rotatable bonds is 4. The van der Waals surface area contributed by atoms with E-state index in [4.69, 9.17) is 5.11 Å². The lowest BCUT2D eigenvalue weighted by Gasteiger charge is -2.27. The van der Waals surface area contributed by atoms with Crippen molar-refractivity contribution >= 4 is 23.5 Å². The van der Waals surface area contributed by atoms with Crippen molar-refractivity contribution in [1.29, 1.82) is 0 Å². The number of nitrogens with zero attached hydrogens (tertiary/aromatic N) is 2. The molecule has 0 atom stereocenters. The molecule has 0 aromatic heterocycles. The maximum Gasteiger partial charge on any atom is 0.323 e. The first-order chi connectivity index (χ1) is 9.99. The third-order valence-electron chi connectivity index (χ3n) is 3.47. The summed E-state index contributed by atoms with van der Waals surface area (Å²) in [5.74, 6) is -1.31. The number of amides is 2. The molecule has 1 fully saturated rings. The molecule has 0 radical (unpaired) electrons. The van der Waals surface area contributed by atoms with E-state index in [0.717, 1.165) is 23.4 Å². The summed E-state index contributed by atoms with van der Waals surface area (Å²) in [4.78, 5) is 37.3. The summed E-state index contributed by atoms with van der Waals surface area (Å²) in [6.45, 7) is 0.357. The molecular weight excluding hydrogens is 272 g/mol. The molecule has 0 unspecified atom stereocenters. The number of anilines is 1. The van der Waals surface area contributed by atoms with Gasteiger partial charge in [-0.15, -0.1) is 0 Å². The van der Waals surface area contributed by atoms with E-state index in [1.54, 1.807) is 29.2 Å². The van der Waals surface area contributed by atoms with Gasteiger partial charge in [0.25, 0.3) is 5.91 Å². The van der Waals surface area contributed by atoms with Crippen molar-refractivity contribution in [2.75, 3.05) is 25.0 Å². The van der Waals surface area contributed by atoms with Crippen molar-refractivity contribution < 1.29 is 19.5 Å². The number of piperidine rings is 1. The fraction of sp³-hybridized carbons (Fsp3) is 0.400. The van der Waals surface area contributed by atoms with Crippen molar-refractivity contribution in [1.82, 2.24) is 4.90 Å². The van der Waals surface area contributed by atoms with Crippen LogP contribution in [-0.2, 0) is 9.59 Å². The zero-order chi connectivity index (χ0) is 15.4. The van der Waals surface area contributed by atoms with E-state index in [-0.39, 0.29) is 18.4 Å². The Balaban J connectivity index is 2.09. The number of hydrogen-bond acceptors (Lipinski definition) is 3. The SMILES string of the molecule is CN(CC(=O)O)C(=O)c1ccc(N2CCCCC2=O)cc1. The van der Waals surface area contributed by atoms with Gasteiger partial charge in [-0.25, -0.2) is 0 Å². The molecule has 6 nitrogen and oxygen atoms in total. The minimum atomic E-state index is -1.05. The van der Waals surface area contributed by atoms with Gasteiger partial charge >= 0.3 is 5.97 Å². The quantitative estimate of drug-likeness (QED) is 0.908. The Morgan fingerprint density at radius 3 is 2.48 bits per heavy atom. The van der Waals surface area contributed by atoms with Crippen LogP contribution in [0, 0.1) is 0 Å². The minimum Gasteiger partial charge on any atom is -0.480 e. The Hall–Kier alpha value is -2.37. The third kappa shape index (κ3) is 3.59. The maximum absolute atomic E-state index is 12.0. The minimum absolute atomic E-state index is 0.100. The normalized spacial score (nSPS) is 14.9. The highest BCUT2D eigenvalue weighted by atomic mass is 16.4. The first-order valence-corrected chi connectivity index (χ1v) is 6.86. The van der Waals surface area contributed by atoms with Crippen LogP contribution in [-0.4, -0.2) is 47.9 Å². The van der Waals surface area contributed by atoms with Crippen LogP contribution < -0.4 is 4.90 Å². The lowest BCUT2D eigenvalue weighted by atomic mass is 10.1. The topological polar surface area (TPSA) is 77.9 Å². The van der Waals surface area contributed by atoms with E-state index in [1.807, 2.05) is 0 Å². The van der Waals surface area contributed by atoms with Crippen LogP contribution in [0.15, 0.2) is 24.3 Å². The van der Waals surface area contributed by atoms with Gasteiger partial charge in [-0.05, 0) is 37.1 Å². The molecule has 1 aromatic carbocycles. The number of carbonyl (C=O) groups is 3. The summed E-state index contributed by atoms with van der Waals surface area (Å²) in [6, 6.07) is 6.70. The summed E-state index contributed by atoms with van der Waals surface area (Å²) in [6.07, 6.45) is 2.46. The van der Waals surface area contributed by atoms with Crippen LogP contribution in [0.2, 0.25) is 0 Å². The van der Waals surface area contributed by atoms with E-state index in [2.05, 4.69) is 0 Å². The smallest absolute Gasteiger partial charge is 0.323 e. The molecule has 2 amide bonds. The summed E-state index contributed by atoms with van der Waals surface area (Å²) in [7, 11) is 1.44. The van der Waals surface area contributed by atoms with Crippen molar-refractivity contribution in [2.45, 2.75) is 19.3 Å². The van der Waals surface area contributed by atoms with Gasteiger partial charge in [0.2, 0.25) is 5.91 Å². The van der Waals surface area contributed by atoms with Crippen LogP contribution in [0.5, 0.6) is 0 Å². The fourth-order valence-electron chi connectivity index (χ4n) is 2.36. The van der Waals surface area contributed by atoms with Crippen molar-refractivity contribution in [3.8, 4) is 0 Å². The molecule has 0 spiro atoms. The average molecular weight is 290 g/mol. The molecule has 2 rings (SSSR count). The summed E-state index contributed by atoms with van der Waals surface area (Å²) < 4.78 is 0. The van der Waals surface area contributed by atoms with Crippen LogP contribution in [0.4, 0.5) is 5.69 Å². The predicted molar refractivity (Wildman–Crippen MR) is 77.2 cm³/mol. The van der Waals surface area contributed by atoms with Crippen molar-refractivity contribution in [3.05, 3.63) is 29.8 Å². The second-order valence-electron chi connectivity index (χ2n) is 5.10. The summed E-state index contributed by atoms with van der Waals surface area (Å²) in [5, 5.41) is 8.69. The molecular formula is C15H18N2O4. The number of likely N-dealkylation sites (N-methyl/N-ethyl adjacent to an activating group) is 1. The molecule has 21 heavy (non-hydrogen) atoms. The molecule has 0 saturated carbocycles. The maximum atomic E-state index is 12.0. The van der Waals surface area contributed by atoms with Crippen LogP contribution in [0.1, 0.15) is 29.6 Å². The first kappa shape index (κ1) is 15.0. The lowest BCUT2D eigenvalue weighted by molar-refractivity contribution is -0.137. The van der Waals surface area contributed by atoms with Gasteiger partial charge in [0.1, 0.15) is 6.54 Å². The summed E-state index contributed by atoms with van der Waals surface area (Å²) >= 11 is 0. The summed E-state index contributed by atoms with van der Waals surface area (Å²) in [5.41, 5.74) is 1.18. The van der Waals surface area contributed by atoms with Crippen molar-refractivity contribution in [3.63, 3.8) is 0 Å². The molecule has 1 saturated heterocycles. The fourth-order valence-corrected chi connectivity index (χ4v) is 2.36. The van der Waals surface area contributed by atoms with E-state index in [9.17, 15) is 14.4 Å². The highest BCUT2D eigenvalue weighted by molar-refractivity contribution is 5.97. The van der Waals surface area contributed by atoms with Crippen molar-refractivity contribution in [2.24, 2.45) is 0 Å². The van der Waals surface area contributed by atoms with Crippen LogP contribution >= 0.6 is 0 Å². The second kappa shape index (κ2) is 6.39. The van der Waals surface area contributed by atoms with E-state index < -0.39 is 5.97 Å². The molecule has 1 aliphatic rings. The first-order valence-electron chi connectivity index (χ1n) is 6.86. The average Bonchev–Trinajstić information content (AvgIpc) is 2.46.